The maximum atomic E-state index is 13.2. The highest BCUT2D eigenvalue weighted by Crippen LogP contribution is 2.43. The molecule has 0 saturated heterocycles. The van der Waals surface area contributed by atoms with Crippen LogP contribution in [0, 0.1) is 0 Å². The molecule has 1 unspecified atom stereocenters. The van der Waals surface area contributed by atoms with Crippen molar-refractivity contribution in [3.05, 3.63) is 94.8 Å². The van der Waals surface area contributed by atoms with E-state index in [1.165, 1.54) is 11.1 Å². The monoisotopic (exact) mass is 392 g/mol. The van der Waals surface area contributed by atoms with Crippen LogP contribution in [0.3, 0.4) is 0 Å². The summed E-state index contributed by atoms with van der Waals surface area (Å²) >= 11 is 5.93. The topological polar surface area (TPSA) is 70.5 Å². The van der Waals surface area contributed by atoms with E-state index in [4.69, 9.17) is 11.6 Å². The van der Waals surface area contributed by atoms with Gasteiger partial charge in [-0.2, -0.15) is 0 Å². The van der Waals surface area contributed by atoms with Gasteiger partial charge in [0, 0.05) is 16.8 Å². The number of aromatic nitrogens is 1. The molecular formula is C22H17ClN2O3. The highest BCUT2D eigenvalue weighted by molar-refractivity contribution is 6.30. The lowest BCUT2D eigenvalue weighted by Crippen LogP contribution is -2.41. The van der Waals surface area contributed by atoms with Crippen LogP contribution in [0.15, 0.2) is 72.9 Å². The Hall–Kier alpha value is -3.02. The summed E-state index contributed by atoms with van der Waals surface area (Å²) in [5.41, 5.74) is 0.194. The zero-order valence-corrected chi connectivity index (χ0v) is 15.6. The van der Waals surface area contributed by atoms with Crippen molar-refractivity contribution >= 4 is 29.0 Å². The van der Waals surface area contributed by atoms with Gasteiger partial charge in [0.25, 0.3) is 5.91 Å². The summed E-state index contributed by atoms with van der Waals surface area (Å²) < 4.78 is 0. The number of pyridine rings is 1. The maximum absolute atomic E-state index is 13.2. The lowest BCUT2D eigenvalue weighted by Gasteiger charge is -2.22. The summed E-state index contributed by atoms with van der Waals surface area (Å²) in [6.45, 7) is 0.271. The van der Waals surface area contributed by atoms with Crippen LogP contribution in [0.1, 0.15) is 28.0 Å². The standard InChI is InChI=1S/C22H17ClN2O3/c23-16-10-8-15(9-11-16)14-25-19-7-2-1-5-17(19)22(28,21(25)27)13-20(26)18-6-3-4-12-24-18/h1-12,28H,13-14H2. The Kier molecular flexibility index (Phi) is 4.71. The van der Waals surface area contributed by atoms with Gasteiger partial charge in [-0.25, -0.2) is 0 Å². The van der Waals surface area contributed by atoms with Crippen LogP contribution < -0.4 is 4.90 Å². The number of carbonyl (C=O) groups excluding carboxylic acids is 2. The first-order chi connectivity index (χ1) is 13.5. The molecule has 1 amide bonds. The summed E-state index contributed by atoms with van der Waals surface area (Å²) in [5, 5.41) is 11.9. The van der Waals surface area contributed by atoms with Crippen molar-refractivity contribution in [3.63, 3.8) is 0 Å². The molecule has 0 aliphatic carbocycles. The van der Waals surface area contributed by atoms with E-state index in [0.717, 1.165) is 5.56 Å². The Morgan fingerprint density at radius 2 is 1.75 bits per heavy atom. The Morgan fingerprint density at radius 1 is 1.04 bits per heavy atom. The molecule has 1 aliphatic heterocycles. The number of fused-ring (bicyclic) bond motifs is 1. The van der Waals surface area contributed by atoms with Gasteiger partial charge in [-0.05, 0) is 35.9 Å². The number of anilines is 1. The number of rotatable bonds is 5. The molecule has 0 fully saturated rings. The van der Waals surface area contributed by atoms with Crippen LogP contribution in [-0.2, 0) is 16.9 Å². The largest absolute Gasteiger partial charge is 0.375 e. The number of aliphatic hydroxyl groups is 1. The van der Waals surface area contributed by atoms with Gasteiger partial charge in [-0.15, -0.1) is 0 Å². The molecule has 2 heterocycles. The summed E-state index contributed by atoms with van der Waals surface area (Å²) in [7, 11) is 0. The molecule has 6 heteroatoms. The van der Waals surface area contributed by atoms with Crippen molar-refractivity contribution in [2.24, 2.45) is 0 Å². The molecule has 1 N–H and O–H groups in total. The predicted octanol–water partition coefficient (Wildman–Crippen LogP) is 3.74. The van der Waals surface area contributed by atoms with Crippen LogP contribution >= 0.6 is 11.6 Å². The fourth-order valence-electron chi connectivity index (χ4n) is 3.46. The third-order valence-electron chi connectivity index (χ3n) is 4.86. The second-order valence-corrected chi connectivity index (χ2v) is 7.15. The molecule has 28 heavy (non-hydrogen) atoms. The first-order valence-electron chi connectivity index (χ1n) is 8.81. The summed E-state index contributed by atoms with van der Waals surface area (Å²) in [6, 6.07) is 19.1. The average Bonchev–Trinajstić information content (AvgIpc) is 2.92. The minimum absolute atomic E-state index is 0.220. The Morgan fingerprint density at radius 3 is 2.46 bits per heavy atom. The lowest BCUT2D eigenvalue weighted by atomic mass is 9.89. The van der Waals surface area contributed by atoms with Gasteiger partial charge in [0.15, 0.2) is 11.4 Å². The minimum atomic E-state index is -1.92. The summed E-state index contributed by atoms with van der Waals surface area (Å²) in [4.78, 5) is 31.4. The van der Waals surface area contributed by atoms with Gasteiger partial charge in [0.05, 0.1) is 18.7 Å². The van der Waals surface area contributed by atoms with Gasteiger partial charge in [-0.3, -0.25) is 14.6 Å². The molecule has 0 bridgehead atoms. The number of hydrogen-bond acceptors (Lipinski definition) is 4. The molecule has 0 saturated carbocycles. The van der Waals surface area contributed by atoms with E-state index in [-0.39, 0.29) is 24.4 Å². The zero-order valence-electron chi connectivity index (χ0n) is 14.9. The molecule has 1 aliphatic rings. The third kappa shape index (κ3) is 3.19. The average molecular weight is 393 g/mol. The molecule has 5 nitrogen and oxygen atoms in total. The molecule has 0 spiro atoms. The van der Waals surface area contributed by atoms with E-state index < -0.39 is 11.5 Å². The number of carbonyl (C=O) groups is 2. The van der Waals surface area contributed by atoms with Crippen molar-refractivity contribution in [3.8, 4) is 0 Å². The van der Waals surface area contributed by atoms with Crippen LogP contribution in [-0.4, -0.2) is 21.8 Å². The quantitative estimate of drug-likeness (QED) is 0.671. The van der Waals surface area contributed by atoms with Crippen molar-refractivity contribution in [1.29, 1.82) is 0 Å². The van der Waals surface area contributed by atoms with Gasteiger partial charge in [-0.1, -0.05) is 48.0 Å². The highest BCUT2D eigenvalue weighted by atomic mass is 35.5. The third-order valence-corrected chi connectivity index (χ3v) is 5.11. The SMILES string of the molecule is O=C(CC1(O)C(=O)N(Cc2ccc(Cl)cc2)c2ccccc21)c1ccccn1. The number of nitrogens with zero attached hydrogens (tertiary/aromatic N) is 2. The van der Waals surface area contributed by atoms with Crippen LogP contribution in [0.25, 0.3) is 0 Å². The number of halogens is 1. The van der Waals surface area contributed by atoms with E-state index in [1.54, 1.807) is 54.6 Å². The van der Waals surface area contributed by atoms with E-state index in [1.807, 2.05) is 12.1 Å². The second kappa shape index (κ2) is 7.19. The van der Waals surface area contributed by atoms with Crippen LogP contribution in [0.4, 0.5) is 5.69 Å². The molecule has 1 aromatic heterocycles. The number of hydrogen-bond donors (Lipinski definition) is 1. The first-order valence-corrected chi connectivity index (χ1v) is 9.19. The van der Waals surface area contributed by atoms with E-state index in [0.29, 0.717) is 16.3 Å². The minimum Gasteiger partial charge on any atom is -0.375 e. The van der Waals surface area contributed by atoms with E-state index in [2.05, 4.69) is 4.98 Å². The van der Waals surface area contributed by atoms with Crippen LogP contribution in [0.2, 0.25) is 5.02 Å². The fraction of sp³-hybridized carbons (Fsp3) is 0.136. The predicted molar refractivity (Wildman–Crippen MR) is 106 cm³/mol. The first kappa shape index (κ1) is 18.3. The van der Waals surface area contributed by atoms with Crippen molar-refractivity contribution in [2.45, 2.75) is 18.6 Å². The van der Waals surface area contributed by atoms with Gasteiger partial charge >= 0.3 is 0 Å². The number of benzene rings is 2. The maximum Gasteiger partial charge on any atom is 0.264 e. The van der Waals surface area contributed by atoms with Crippen LogP contribution in [0.5, 0.6) is 0 Å². The zero-order chi connectivity index (χ0) is 19.7. The number of ketones is 1. The van der Waals surface area contributed by atoms with E-state index >= 15 is 0 Å². The molecule has 0 radical (unpaired) electrons. The molecule has 140 valence electrons. The lowest BCUT2D eigenvalue weighted by molar-refractivity contribution is -0.136. The molecular weight excluding hydrogens is 376 g/mol. The molecule has 3 aromatic rings. The number of Topliss-reactive ketones (excluding diaryl/α,β-unsaturated/α-hetero) is 1. The molecule has 1 atom stereocenters. The molecule has 4 rings (SSSR count). The van der Waals surface area contributed by atoms with Crippen molar-refractivity contribution in [2.75, 3.05) is 4.90 Å². The van der Waals surface area contributed by atoms with Crippen molar-refractivity contribution in [1.82, 2.24) is 4.98 Å². The second-order valence-electron chi connectivity index (χ2n) is 6.71. The van der Waals surface area contributed by atoms with E-state index in [9.17, 15) is 14.7 Å². The smallest absolute Gasteiger partial charge is 0.264 e. The molecule has 2 aromatic carbocycles. The van der Waals surface area contributed by atoms with Gasteiger partial charge in [0.2, 0.25) is 0 Å². The van der Waals surface area contributed by atoms with Gasteiger partial charge < -0.3 is 10.0 Å². The number of amides is 1. The number of para-hydroxylation sites is 1. The summed E-state index contributed by atoms with van der Waals surface area (Å²) in [6.07, 6.45) is 1.14. The Labute approximate surface area is 167 Å². The fourth-order valence-corrected chi connectivity index (χ4v) is 3.58. The Balaban J connectivity index is 1.68. The summed E-state index contributed by atoms with van der Waals surface area (Å²) in [5.74, 6) is -0.910. The van der Waals surface area contributed by atoms with Crippen molar-refractivity contribution < 1.29 is 14.7 Å². The highest BCUT2D eigenvalue weighted by Gasteiger charge is 2.50. The Bertz CT molecular complexity index is 1040. The normalized spacial score (nSPS) is 18.2. The van der Waals surface area contributed by atoms with Gasteiger partial charge in [0.1, 0.15) is 5.69 Å².